The van der Waals surface area contributed by atoms with E-state index in [1.54, 1.807) is 0 Å². The van der Waals surface area contributed by atoms with Gasteiger partial charge in [0.05, 0.1) is 6.61 Å². The van der Waals surface area contributed by atoms with E-state index in [-0.39, 0.29) is 0 Å². The maximum Gasteiger partial charge on any atom is 0.184 e. The minimum atomic E-state index is -1.04. The Labute approximate surface area is 150 Å². The third kappa shape index (κ3) is 3.60. The highest BCUT2D eigenvalue weighted by molar-refractivity contribution is 7.99. The van der Waals surface area contributed by atoms with Gasteiger partial charge >= 0.3 is 0 Å². The molecule has 6 heteroatoms. The van der Waals surface area contributed by atoms with Gasteiger partial charge in [-0.2, -0.15) is 0 Å². The number of thioether (sulfide) groups is 1. The number of aliphatic hydroxyl groups excluding tert-OH is 2. The molecule has 2 aromatic rings. The van der Waals surface area contributed by atoms with E-state index in [0.717, 1.165) is 10.5 Å². The van der Waals surface area contributed by atoms with Crippen molar-refractivity contribution in [3.63, 3.8) is 0 Å². The van der Waals surface area contributed by atoms with Gasteiger partial charge in [0, 0.05) is 10.5 Å². The number of ether oxygens (including phenoxy) is 3. The molecule has 0 bridgehead atoms. The van der Waals surface area contributed by atoms with Crippen LogP contribution in [0, 0.1) is 0 Å². The van der Waals surface area contributed by atoms with Gasteiger partial charge in [0.1, 0.15) is 29.9 Å². The van der Waals surface area contributed by atoms with Crippen molar-refractivity contribution in [2.45, 2.75) is 41.0 Å². The zero-order valence-electron chi connectivity index (χ0n) is 13.5. The maximum atomic E-state index is 10.6. The van der Waals surface area contributed by atoms with E-state index in [1.807, 2.05) is 60.7 Å². The summed E-state index contributed by atoms with van der Waals surface area (Å²) in [6.07, 6.45) is -3.68. The highest BCUT2D eigenvalue weighted by Gasteiger charge is 2.49. The molecule has 2 heterocycles. The van der Waals surface area contributed by atoms with Crippen LogP contribution < -0.4 is 0 Å². The Balaban J connectivity index is 1.46. The van der Waals surface area contributed by atoms with Crippen LogP contribution in [0.1, 0.15) is 11.9 Å². The summed E-state index contributed by atoms with van der Waals surface area (Å²) in [5.41, 5.74) is 0.308. The van der Waals surface area contributed by atoms with Crippen molar-refractivity contribution in [2.24, 2.45) is 0 Å². The largest absolute Gasteiger partial charge is 0.387 e. The molecule has 0 saturated carbocycles. The van der Waals surface area contributed by atoms with Crippen LogP contribution in [0.4, 0.5) is 0 Å². The quantitative estimate of drug-likeness (QED) is 0.876. The Hall–Kier alpha value is -1.41. The van der Waals surface area contributed by atoms with E-state index >= 15 is 0 Å². The molecule has 2 fully saturated rings. The zero-order valence-corrected chi connectivity index (χ0v) is 14.3. The Morgan fingerprint density at radius 3 is 2.24 bits per heavy atom. The minimum absolute atomic E-state index is 0.305. The van der Waals surface area contributed by atoms with Gasteiger partial charge in [0.25, 0.3) is 0 Å². The standard InChI is InChI=1S/C19H20O5S/c20-15-16(21)19(25-13-9-5-2-6-10-13)23-14-11-22-18(24-17(14)15)12-7-3-1-4-8-12/h1-10,14-21H,11H2/t14-,15-,16-,17+,18?,19+/m1/s1. The zero-order chi connectivity index (χ0) is 17.2. The second-order valence-electron chi connectivity index (χ2n) is 6.13. The molecule has 0 amide bonds. The normalized spacial score (nSPS) is 35.1. The number of fused-ring (bicyclic) bond motifs is 1. The van der Waals surface area contributed by atoms with Crippen molar-refractivity contribution in [1.29, 1.82) is 0 Å². The molecule has 6 atom stereocenters. The summed E-state index contributed by atoms with van der Waals surface area (Å²) in [5.74, 6) is 0. The average molecular weight is 360 g/mol. The first kappa shape index (κ1) is 17.0. The number of hydrogen-bond donors (Lipinski definition) is 2. The molecule has 2 aromatic carbocycles. The molecular weight excluding hydrogens is 340 g/mol. The van der Waals surface area contributed by atoms with Gasteiger partial charge in [0.15, 0.2) is 6.29 Å². The molecule has 0 aromatic heterocycles. The highest BCUT2D eigenvalue weighted by Crippen LogP contribution is 2.38. The van der Waals surface area contributed by atoms with Gasteiger partial charge in [0.2, 0.25) is 0 Å². The van der Waals surface area contributed by atoms with Crippen molar-refractivity contribution in [3.8, 4) is 0 Å². The summed E-state index contributed by atoms with van der Waals surface area (Å²) in [7, 11) is 0. The lowest BCUT2D eigenvalue weighted by Gasteiger charge is -2.46. The van der Waals surface area contributed by atoms with E-state index in [0.29, 0.717) is 6.61 Å². The van der Waals surface area contributed by atoms with Crippen LogP contribution in [0.5, 0.6) is 0 Å². The second kappa shape index (κ2) is 7.45. The van der Waals surface area contributed by atoms with E-state index in [2.05, 4.69) is 0 Å². The van der Waals surface area contributed by atoms with Gasteiger partial charge in [-0.3, -0.25) is 0 Å². The van der Waals surface area contributed by atoms with Crippen molar-refractivity contribution in [3.05, 3.63) is 66.2 Å². The van der Waals surface area contributed by atoms with E-state index in [9.17, 15) is 10.2 Å². The Kier molecular flexibility index (Phi) is 5.08. The van der Waals surface area contributed by atoms with E-state index in [4.69, 9.17) is 14.2 Å². The van der Waals surface area contributed by atoms with Crippen LogP contribution in [-0.2, 0) is 14.2 Å². The number of aliphatic hydroxyl groups is 2. The predicted octanol–water partition coefficient (Wildman–Crippen LogP) is 2.34. The van der Waals surface area contributed by atoms with Gasteiger partial charge < -0.3 is 24.4 Å². The smallest absolute Gasteiger partial charge is 0.184 e. The lowest BCUT2D eigenvalue weighted by Crippen LogP contribution is -2.60. The Morgan fingerprint density at radius 2 is 1.52 bits per heavy atom. The fourth-order valence-electron chi connectivity index (χ4n) is 3.09. The van der Waals surface area contributed by atoms with Gasteiger partial charge in [-0.25, -0.2) is 0 Å². The van der Waals surface area contributed by atoms with Gasteiger partial charge in [-0.1, -0.05) is 60.3 Å². The molecule has 2 N–H and O–H groups in total. The Morgan fingerprint density at radius 1 is 0.840 bits per heavy atom. The number of benzene rings is 2. The van der Waals surface area contributed by atoms with E-state index in [1.165, 1.54) is 11.8 Å². The van der Waals surface area contributed by atoms with Crippen LogP contribution in [0.2, 0.25) is 0 Å². The average Bonchev–Trinajstić information content (AvgIpc) is 2.67. The van der Waals surface area contributed by atoms with Crippen LogP contribution in [0.3, 0.4) is 0 Å². The minimum Gasteiger partial charge on any atom is -0.387 e. The fourth-order valence-corrected chi connectivity index (χ4v) is 4.17. The van der Waals surface area contributed by atoms with Crippen LogP contribution >= 0.6 is 11.8 Å². The molecule has 132 valence electrons. The summed E-state index contributed by atoms with van der Waals surface area (Å²) in [6, 6.07) is 19.2. The SMILES string of the molecule is O[C@@H]1[C@@H](O)[C@H](Sc2ccccc2)O[C@@H]2COC(c3ccccc3)O[C@H]12. The molecule has 0 spiro atoms. The van der Waals surface area contributed by atoms with Crippen LogP contribution in [-0.4, -0.2) is 46.7 Å². The molecule has 2 aliphatic rings. The molecule has 0 aliphatic carbocycles. The monoisotopic (exact) mass is 360 g/mol. The molecule has 2 aliphatic heterocycles. The number of hydrogen-bond acceptors (Lipinski definition) is 6. The second-order valence-corrected chi connectivity index (χ2v) is 7.30. The van der Waals surface area contributed by atoms with Crippen molar-refractivity contribution in [2.75, 3.05) is 6.61 Å². The molecule has 4 rings (SSSR count). The topological polar surface area (TPSA) is 68.2 Å². The third-order valence-electron chi connectivity index (χ3n) is 4.40. The summed E-state index contributed by atoms with van der Waals surface area (Å²) in [4.78, 5) is 0.969. The van der Waals surface area contributed by atoms with Crippen molar-refractivity contribution in [1.82, 2.24) is 0 Å². The summed E-state index contributed by atoms with van der Waals surface area (Å²) in [6.45, 7) is 0.305. The first-order chi connectivity index (χ1) is 12.2. The summed E-state index contributed by atoms with van der Waals surface area (Å²) >= 11 is 1.39. The highest BCUT2D eigenvalue weighted by atomic mass is 32.2. The summed E-state index contributed by atoms with van der Waals surface area (Å²) in [5, 5.41) is 21.0. The molecule has 5 nitrogen and oxygen atoms in total. The molecular formula is C19H20O5S. The van der Waals surface area contributed by atoms with Crippen LogP contribution in [0.25, 0.3) is 0 Å². The predicted molar refractivity (Wildman–Crippen MR) is 93.0 cm³/mol. The van der Waals surface area contributed by atoms with Crippen LogP contribution in [0.15, 0.2) is 65.6 Å². The third-order valence-corrected chi connectivity index (χ3v) is 5.57. The lowest BCUT2D eigenvalue weighted by atomic mass is 9.99. The molecule has 1 unspecified atom stereocenters. The van der Waals surface area contributed by atoms with Crippen molar-refractivity contribution >= 4 is 11.8 Å². The fraction of sp³-hybridized carbons (Fsp3) is 0.368. The molecule has 0 radical (unpaired) electrons. The lowest BCUT2D eigenvalue weighted by molar-refractivity contribution is -0.318. The first-order valence-electron chi connectivity index (χ1n) is 8.28. The number of rotatable bonds is 3. The van der Waals surface area contributed by atoms with E-state index < -0.39 is 36.1 Å². The molecule has 25 heavy (non-hydrogen) atoms. The van der Waals surface area contributed by atoms with Crippen molar-refractivity contribution < 1.29 is 24.4 Å². The Bertz CT molecular complexity index is 681. The summed E-state index contributed by atoms with van der Waals surface area (Å²) < 4.78 is 17.6. The van der Waals surface area contributed by atoms with Gasteiger partial charge in [-0.15, -0.1) is 0 Å². The first-order valence-corrected chi connectivity index (χ1v) is 9.15. The van der Waals surface area contributed by atoms with Gasteiger partial charge in [-0.05, 0) is 12.1 Å². The maximum absolute atomic E-state index is 10.6. The molecule has 2 saturated heterocycles.